The van der Waals surface area contributed by atoms with Crippen LogP contribution < -0.4 is 5.32 Å². The molecule has 1 saturated carbocycles. The van der Waals surface area contributed by atoms with Gasteiger partial charge in [-0.3, -0.25) is 9.78 Å². The van der Waals surface area contributed by atoms with Crippen molar-refractivity contribution >= 4 is 15.7 Å². The fourth-order valence-electron chi connectivity index (χ4n) is 4.32. The van der Waals surface area contributed by atoms with Crippen molar-refractivity contribution in [3.63, 3.8) is 0 Å². The van der Waals surface area contributed by atoms with Crippen LogP contribution in [-0.2, 0) is 16.3 Å². The average Bonchev–Trinajstić information content (AvgIpc) is 2.96. The molecule has 136 valence electrons. The lowest BCUT2D eigenvalue weighted by molar-refractivity contribution is 0.0909. The number of nitrogens with one attached hydrogen (secondary N) is 1. The van der Waals surface area contributed by atoms with E-state index in [-0.39, 0.29) is 17.4 Å². The van der Waals surface area contributed by atoms with E-state index in [1.807, 2.05) is 0 Å². The molecule has 3 aliphatic rings. The number of hydrogen-bond donors (Lipinski definition) is 1. The number of amides is 1. The van der Waals surface area contributed by atoms with E-state index in [0.29, 0.717) is 29.8 Å². The van der Waals surface area contributed by atoms with E-state index in [1.54, 1.807) is 30.2 Å². The Hall–Kier alpha value is -2.29. The first-order valence-electron chi connectivity index (χ1n) is 8.76. The Balaban J connectivity index is 1.51. The van der Waals surface area contributed by atoms with Gasteiger partial charge >= 0.3 is 0 Å². The van der Waals surface area contributed by atoms with E-state index in [1.165, 1.54) is 0 Å². The molecule has 5 rings (SSSR count). The summed E-state index contributed by atoms with van der Waals surface area (Å²) in [5.74, 6) is 1.41. The molecule has 1 unspecified atom stereocenters. The van der Waals surface area contributed by atoms with Crippen LogP contribution in [-0.4, -0.2) is 51.1 Å². The molecule has 0 aromatic carbocycles. The van der Waals surface area contributed by atoms with Gasteiger partial charge in [-0.15, -0.1) is 0 Å². The third-order valence-electron chi connectivity index (χ3n) is 5.66. The maximum Gasteiger partial charge on any atom is 0.272 e. The molecule has 0 spiro atoms. The van der Waals surface area contributed by atoms with Crippen molar-refractivity contribution in [1.82, 2.24) is 25.1 Å². The summed E-state index contributed by atoms with van der Waals surface area (Å²) < 4.78 is 25.3. The summed E-state index contributed by atoms with van der Waals surface area (Å²) in [6.45, 7) is 1.78. The molecule has 1 amide bonds. The summed E-state index contributed by atoms with van der Waals surface area (Å²) in [4.78, 5) is 21.3. The van der Waals surface area contributed by atoms with Crippen LogP contribution in [0.1, 0.15) is 47.4 Å². The van der Waals surface area contributed by atoms with E-state index in [0.717, 1.165) is 24.1 Å². The maximum atomic E-state index is 12.9. The fraction of sp³-hybridized carbons (Fsp3) is 0.529. The largest absolute Gasteiger partial charge is 0.344 e. The Morgan fingerprint density at radius 1 is 1.38 bits per heavy atom. The van der Waals surface area contributed by atoms with Gasteiger partial charge in [0.25, 0.3) is 5.91 Å². The summed E-state index contributed by atoms with van der Waals surface area (Å²) in [6.07, 6.45) is 7.23. The molecule has 0 radical (unpaired) electrons. The number of fused-ring (bicyclic) bond motifs is 3. The summed E-state index contributed by atoms with van der Waals surface area (Å²) in [5.41, 5.74) is 1.69. The van der Waals surface area contributed by atoms with E-state index < -0.39 is 15.4 Å². The third-order valence-corrected chi connectivity index (χ3v) is 7.57. The molecule has 26 heavy (non-hydrogen) atoms. The summed E-state index contributed by atoms with van der Waals surface area (Å²) in [5, 5.41) is 7.46. The molecule has 1 N–H and O–H groups in total. The van der Waals surface area contributed by atoms with Crippen molar-refractivity contribution in [2.45, 2.75) is 37.6 Å². The van der Waals surface area contributed by atoms with Crippen molar-refractivity contribution in [2.24, 2.45) is 5.92 Å². The molecule has 2 fully saturated rings. The molecular weight excluding hydrogens is 354 g/mol. The first kappa shape index (κ1) is 15.9. The highest BCUT2D eigenvalue weighted by atomic mass is 32.2. The fourth-order valence-corrected chi connectivity index (χ4v) is 6.41. The van der Waals surface area contributed by atoms with Crippen molar-refractivity contribution in [3.8, 4) is 5.82 Å². The second-order valence-electron chi connectivity index (χ2n) is 7.85. The molecular formula is C17H19N5O3S. The number of aromatic nitrogens is 4. The van der Waals surface area contributed by atoms with Gasteiger partial charge in [0, 0.05) is 23.9 Å². The minimum Gasteiger partial charge on any atom is -0.344 e. The highest BCUT2D eigenvalue weighted by molar-refractivity contribution is 7.91. The molecule has 0 bridgehead atoms. The Morgan fingerprint density at radius 2 is 2.23 bits per heavy atom. The second kappa shape index (κ2) is 5.12. The van der Waals surface area contributed by atoms with Gasteiger partial charge in [-0.05, 0) is 32.1 Å². The molecule has 3 heterocycles. The van der Waals surface area contributed by atoms with Crippen LogP contribution in [0.4, 0.5) is 0 Å². The molecule has 2 aliphatic carbocycles. The Kier molecular flexibility index (Phi) is 3.14. The predicted octanol–water partition coefficient (Wildman–Crippen LogP) is 0.629. The average molecular weight is 373 g/mol. The van der Waals surface area contributed by atoms with Gasteiger partial charge in [0.15, 0.2) is 21.3 Å². The molecule has 8 nitrogen and oxygen atoms in total. The molecule has 3 atom stereocenters. The van der Waals surface area contributed by atoms with E-state index in [9.17, 15) is 13.2 Å². The predicted molar refractivity (Wildman–Crippen MR) is 92.8 cm³/mol. The lowest BCUT2D eigenvalue weighted by Gasteiger charge is -2.23. The standard InChI is InChI=1S/C17H19N5O3S/c1-17(2-5-26(24,25)9-17)20-16(23)14-12-7-10-6-11(10)15(12)22(21-14)13-8-18-3-4-19-13/h3-4,8,10-11H,2,5-7,9H2,1H3,(H,20,23)/t10-,11-,17?/m1/s1. The molecule has 1 saturated heterocycles. The van der Waals surface area contributed by atoms with Crippen molar-refractivity contribution in [3.05, 3.63) is 35.5 Å². The Morgan fingerprint density at radius 3 is 2.92 bits per heavy atom. The van der Waals surface area contributed by atoms with Gasteiger partial charge in [0.05, 0.1) is 28.9 Å². The highest BCUT2D eigenvalue weighted by Crippen LogP contribution is 2.57. The molecule has 2 aromatic rings. The first-order valence-corrected chi connectivity index (χ1v) is 10.6. The lowest BCUT2D eigenvalue weighted by Crippen LogP contribution is -2.47. The zero-order valence-corrected chi connectivity index (χ0v) is 15.2. The van der Waals surface area contributed by atoms with E-state index in [2.05, 4.69) is 20.4 Å². The smallest absolute Gasteiger partial charge is 0.272 e. The van der Waals surface area contributed by atoms with Gasteiger partial charge in [0.1, 0.15) is 0 Å². The van der Waals surface area contributed by atoms with Crippen LogP contribution in [0, 0.1) is 5.92 Å². The first-order chi connectivity index (χ1) is 12.4. The lowest BCUT2D eigenvalue weighted by atomic mass is 10.0. The number of sulfone groups is 1. The van der Waals surface area contributed by atoms with Crippen molar-refractivity contribution in [1.29, 1.82) is 0 Å². The van der Waals surface area contributed by atoms with Crippen molar-refractivity contribution in [2.75, 3.05) is 11.5 Å². The zero-order chi connectivity index (χ0) is 18.1. The van der Waals surface area contributed by atoms with Crippen LogP contribution in [0.3, 0.4) is 0 Å². The number of carbonyl (C=O) groups is 1. The minimum atomic E-state index is -3.09. The highest BCUT2D eigenvalue weighted by Gasteiger charge is 2.51. The Bertz CT molecular complexity index is 1020. The zero-order valence-electron chi connectivity index (χ0n) is 14.3. The quantitative estimate of drug-likeness (QED) is 0.846. The van der Waals surface area contributed by atoms with Gasteiger partial charge < -0.3 is 5.32 Å². The maximum absolute atomic E-state index is 12.9. The molecule has 2 aromatic heterocycles. The third kappa shape index (κ3) is 2.45. The van der Waals surface area contributed by atoms with Crippen LogP contribution in [0.25, 0.3) is 5.82 Å². The number of nitrogens with zero attached hydrogens (tertiary/aromatic N) is 4. The van der Waals surface area contributed by atoms with Crippen LogP contribution in [0.5, 0.6) is 0 Å². The van der Waals surface area contributed by atoms with E-state index in [4.69, 9.17) is 0 Å². The van der Waals surface area contributed by atoms with Crippen LogP contribution >= 0.6 is 0 Å². The Labute approximate surface area is 151 Å². The normalized spacial score (nSPS) is 30.7. The summed E-state index contributed by atoms with van der Waals surface area (Å²) in [6, 6.07) is 0. The topological polar surface area (TPSA) is 107 Å². The van der Waals surface area contributed by atoms with Gasteiger partial charge in [-0.2, -0.15) is 5.10 Å². The van der Waals surface area contributed by atoms with Gasteiger partial charge in [-0.25, -0.2) is 18.1 Å². The summed E-state index contributed by atoms with van der Waals surface area (Å²) >= 11 is 0. The monoisotopic (exact) mass is 373 g/mol. The minimum absolute atomic E-state index is 0.0238. The summed E-state index contributed by atoms with van der Waals surface area (Å²) in [7, 11) is -3.09. The van der Waals surface area contributed by atoms with Gasteiger partial charge in [-0.1, -0.05) is 0 Å². The van der Waals surface area contributed by atoms with Crippen molar-refractivity contribution < 1.29 is 13.2 Å². The number of carbonyl (C=O) groups excluding carboxylic acids is 1. The number of hydrogen-bond acceptors (Lipinski definition) is 6. The van der Waals surface area contributed by atoms with Crippen LogP contribution in [0.15, 0.2) is 18.6 Å². The SMILES string of the molecule is CC1(NC(=O)c2nn(-c3cnccn3)c3c2C[C@H]2C[C@@H]32)CCS(=O)(=O)C1. The van der Waals surface area contributed by atoms with E-state index >= 15 is 0 Å². The van der Waals surface area contributed by atoms with Gasteiger partial charge in [0.2, 0.25) is 0 Å². The van der Waals surface area contributed by atoms with Crippen LogP contribution in [0.2, 0.25) is 0 Å². The molecule has 9 heteroatoms. The number of rotatable bonds is 3. The molecule has 1 aliphatic heterocycles. The second-order valence-corrected chi connectivity index (χ2v) is 10.0.